The Balaban J connectivity index is 1.82. The maximum Gasteiger partial charge on any atom is 0.342 e. The van der Waals surface area contributed by atoms with Gasteiger partial charge in [-0.1, -0.05) is 0 Å². The van der Waals surface area contributed by atoms with Crippen molar-refractivity contribution < 1.29 is 14.5 Å². The van der Waals surface area contributed by atoms with Crippen LogP contribution in [0.25, 0.3) is 0 Å². The van der Waals surface area contributed by atoms with Crippen molar-refractivity contribution in [1.29, 1.82) is 0 Å². The fraction of sp³-hybridized carbons (Fsp3) is 0.231. The van der Waals surface area contributed by atoms with E-state index in [0.29, 0.717) is 5.82 Å². The Morgan fingerprint density at radius 3 is 2.68 bits per heavy atom. The third-order valence-electron chi connectivity index (χ3n) is 3.50. The first kappa shape index (κ1) is 13.9. The molecule has 3 rings (SSSR count). The van der Waals surface area contributed by atoms with Crippen LogP contribution in [0.3, 0.4) is 0 Å². The Hall–Kier alpha value is -3.10. The van der Waals surface area contributed by atoms with Gasteiger partial charge in [-0.2, -0.15) is 0 Å². The molecule has 2 aromatic heterocycles. The van der Waals surface area contributed by atoms with Gasteiger partial charge in [0, 0.05) is 13.1 Å². The quantitative estimate of drug-likeness (QED) is 0.469. The summed E-state index contributed by atoms with van der Waals surface area (Å²) in [5.41, 5.74) is 0.369. The second-order valence-electron chi connectivity index (χ2n) is 4.73. The number of hydrogen-bond acceptors (Lipinski definition) is 6. The van der Waals surface area contributed by atoms with Crippen LogP contribution in [0.2, 0.25) is 0 Å². The van der Waals surface area contributed by atoms with E-state index >= 15 is 0 Å². The van der Waals surface area contributed by atoms with Crippen molar-refractivity contribution in [2.75, 3.05) is 6.54 Å². The van der Waals surface area contributed by atoms with Gasteiger partial charge < -0.3 is 10.1 Å². The van der Waals surface area contributed by atoms with E-state index in [9.17, 15) is 19.7 Å². The number of imide groups is 1. The van der Waals surface area contributed by atoms with Crippen LogP contribution in [-0.2, 0) is 6.54 Å². The van der Waals surface area contributed by atoms with Gasteiger partial charge in [-0.15, -0.1) is 0 Å². The lowest BCUT2D eigenvalue weighted by Gasteiger charge is -2.12. The fourth-order valence-electron chi connectivity index (χ4n) is 2.40. The van der Waals surface area contributed by atoms with Gasteiger partial charge in [-0.05, 0) is 17.1 Å². The van der Waals surface area contributed by atoms with Crippen molar-refractivity contribution in [3.63, 3.8) is 0 Å². The van der Waals surface area contributed by atoms with Gasteiger partial charge in [0.15, 0.2) is 5.82 Å². The molecule has 112 valence electrons. The van der Waals surface area contributed by atoms with Crippen LogP contribution in [0.5, 0.6) is 0 Å². The molecule has 0 N–H and O–H groups in total. The first-order chi connectivity index (χ1) is 10.5. The first-order valence-corrected chi connectivity index (χ1v) is 6.48. The van der Waals surface area contributed by atoms with Gasteiger partial charge >= 0.3 is 5.82 Å². The zero-order valence-electron chi connectivity index (χ0n) is 11.6. The predicted octanol–water partition coefficient (Wildman–Crippen LogP) is 0.791. The minimum atomic E-state index is -0.552. The highest BCUT2D eigenvalue weighted by atomic mass is 16.6. The Morgan fingerprint density at radius 1 is 1.23 bits per heavy atom. The van der Waals surface area contributed by atoms with Gasteiger partial charge in [0.1, 0.15) is 18.4 Å². The number of amides is 2. The van der Waals surface area contributed by atoms with Crippen LogP contribution in [0.4, 0.5) is 5.82 Å². The van der Waals surface area contributed by atoms with E-state index in [1.54, 1.807) is 13.0 Å². The lowest BCUT2D eigenvalue weighted by atomic mass is 10.2. The van der Waals surface area contributed by atoms with Gasteiger partial charge in [0.25, 0.3) is 11.8 Å². The number of pyridine rings is 1. The number of hydrogen-bond donors (Lipinski definition) is 0. The summed E-state index contributed by atoms with van der Waals surface area (Å²) >= 11 is 0. The number of nitro groups is 1. The molecule has 0 aliphatic carbocycles. The van der Waals surface area contributed by atoms with E-state index in [0.717, 1.165) is 11.1 Å². The van der Waals surface area contributed by atoms with E-state index in [-0.39, 0.29) is 30.2 Å². The van der Waals surface area contributed by atoms with Crippen molar-refractivity contribution in [2.24, 2.45) is 0 Å². The van der Waals surface area contributed by atoms with E-state index in [4.69, 9.17) is 0 Å². The van der Waals surface area contributed by atoms with Gasteiger partial charge in [-0.25, -0.2) is 9.55 Å². The van der Waals surface area contributed by atoms with Gasteiger partial charge in [0.2, 0.25) is 0 Å². The van der Waals surface area contributed by atoms with Crippen molar-refractivity contribution in [1.82, 2.24) is 19.4 Å². The molecular weight excluding hydrogens is 290 g/mol. The van der Waals surface area contributed by atoms with Crippen LogP contribution in [0.1, 0.15) is 26.7 Å². The van der Waals surface area contributed by atoms with E-state index in [1.807, 2.05) is 0 Å². The summed E-state index contributed by atoms with van der Waals surface area (Å²) in [7, 11) is 0. The number of carbonyl (C=O) groups excluding carboxylic acids is 2. The Labute approximate surface area is 124 Å². The lowest BCUT2D eigenvalue weighted by molar-refractivity contribution is -0.392. The molecule has 0 saturated heterocycles. The SMILES string of the molecule is Cc1ncc([N+](=O)[O-])n1CCN1C(=O)c2cccnc2C1=O. The number of aryl methyl sites for hydroxylation is 1. The topological polar surface area (TPSA) is 111 Å². The molecule has 0 aromatic carbocycles. The molecule has 0 unspecified atom stereocenters. The van der Waals surface area contributed by atoms with E-state index in [1.165, 1.54) is 16.8 Å². The van der Waals surface area contributed by atoms with Crippen LogP contribution in [0.15, 0.2) is 24.5 Å². The lowest BCUT2D eigenvalue weighted by Crippen LogP contribution is -2.33. The molecule has 0 fully saturated rings. The standard InChI is InChI=1S/C13H11N5O4/c1-8-15-7-10(18(21)22)16(8)5-6-17-12(19)9-3-2-4-14-11(9)13(17)20/h2-4,7H,5-6H2,1H3. The maximum absolute atomic E-state index is 12.2. The molecule has 0 spiro atoms. The largest absolute Gasteiger partial charge is 0.358 e. The van der Waals surface area contributed by atoms with E-state index < -0.39 is 16.7 Å². The minimum Gasteiger partial charge on any atom is -0.358 e. The summed E-state index contributed by atoms with van der Waals surface area (Å²) in [5.74, 6) is -0.650. The van der Waals surface area contributed by atoms with Crippen LogP contribution in [-0.4, -0.2) is 42.7 Å². The van der Waals surface area contributed by atoms with Crippen LogP contribution in [0, 0.1) is 17.0 Å². The van der Waals surface area contributed by atoms with Gasteiger partial charge in [0.05, 0.1) is 12.1 Å². The van der Waals surface area contributed by atoms with Crippen molar-refractivity contribution in [2.45, 2.75) is 13.5 Å². The number of carbonyl (C=O) groups is 2. The smallest absolute Gasteiger partial charge is 0.342 e. The summed E-state index contributed by atoms with van der Waals surface area (Å²) in [5, 5.41) is 10.9. The number of imidazole rings is 1. The third-order valence-corrected chi connectivity index (χ3v) is 3.50. The number of nitrogens with zero attached hydrogens (tertiary/aromatic N) is 5. The predicted molar refractivity (Wildman–Crippen MR) is 73.2 cm³/mol. The molecule has 0 atom stereocenters. The first-order valence-electron chi connectivity index (χ1n) is 6.48. The highest BCUT2D eigenvalue weighted by Crippen LogP contribution is 2.21. The Morgan fingerprint density at radius 2 is 2.00 bits per heavy atom. The number of fused-ring (bicyclic) bond motifs is 1. The second-order valence-corrected chi connectivity index (χ2v) is 4.73. The Bertz CT molecular complexity index is 762. The molecule has 0 radical (unpaired) electrons. The minimum absolute atomic E-state index is 0.0199. The maximum atomic E-state index is 12.2. The molecule has 0 bridgehead atoms. The monoisotopic (exact) mass is 301 g/mol. The molecule has 3 heterocycles. The molecular formula is C13H11N5O4. The normalized spacial score (nSPS) is 13.6. The molecule has 22 heavy (non-hydrogen) atoms. The molecule has 2 aromatic rings. The molecule has 2 amide bonds. The van der Waals surface area contributed by atoms with Crippen molar-refractivity contribution >= 4 is 17.6 Å². The molecule has 9 nitrogen and oxygen atoms in total. The molecule has 1 aliphatic rings. The second kappa shape index (κ2) is 5.02. The van der Waals surface area contributed by atoms with E-state index in [2.05, 4.69) is 9.97 Å². The zero-order chi connectivity index (χ0) is 15.9. The summed E-state index contributed by atoms with van der Waals surface area (Å²) in [6.45, 7) is 1.75. The number of rotatable bonds is 4. The average Bonchev–Trinajstić information content (AvgIpc) is 2.98. The molecule has 0 saturated carbocycles. The summed E-state index contributed by atoms with van der Waals surface area (Å²) < 4.78 is 1.36. The van der Waals surface area contributed by atoms with Crippen LogP contribution >= 0.6 is 0 Å². The van der Waals surface area contributed by atoms with Crippen molar-refractivity contribution in [3.8, 4) is 0 Å². The highest BCUT2D eigenvalue weighted by Gasteiger charge is 2.37. The molecule has 9 heteroatoms. The van der Waals surface area contributed by atoms with Gasteiger partial charge in [-0.3, -0.25) is 19.5 Å². The zero-order valence-corrected chi connectivity index (χ0v) is 11.6. The third kappa shape index (κ3) is 2.03. The average molecular weight is 301 g/mol. The fourth-order valence-corrected chi connectivity index (χ4v) is 2.40. The number of aromatic nitrogens is 3. The summed E-state index contributed by atoms with van der Waals surface area (Å²) in [6.07, 6.45) is 2.59. The van der Waals surface area contributed by atoms with Crippen molar-refractivity contribution in [3.05, 3.63) is 51.7 Å². The summed E-state index contributed by atoms with van der Waals surface area (Å²) in [4.78, 5) is 43.5. The Kier molecular flexibility index (Phi) is 3.17. The highest BCUT2D eigenvalue weighted by molar-refractivity contribution is 6.20. The molecule has 1 aliphatic heterocycles. The summed E-state index contributed by atoms with van der Waals surface area (Å²) in [6, 6.07) is 3.12. The van der Waals surface area contributed by atoms with Crippen LogP contribution < -0.4 is 0 Å².